The summed E-state index contributed by atoms with van der Waals surface area (Å²) >= 11 is 0. The van der Waals surface area contributed by atoms with Crippen LogP contribution in [0.2, 0.25) is 0 Å². The number of hydrogen-bond acceptors (Lipinski definition) is 3. The van der Waals surface area contributed by atoms with E-state index in [1.165, 1.54) is 16.7 Å². The molecule has 0 saturated heterocycles. The molecule has 122 valence electrons. The lowest BCUT2D eigenvalue weighted by atomic mass is 10.1. The van der Waals surface area contributed by atoms with Crippen LogP contribution in [0.3, 0.4) is 0 Å². The van der Waals surface area contributed by atoms with Gasteiger partial charge in [0.15, 0.2) is 5.76 Å². The molecule has 0 bridgehead atoms. The third-order valence-corrected chi connectivity index (χ3v) is 3.29. The van der Waals surface area contributed by atoms with Crippen molar-refractivity contribution in [2.75, 3.05) is 20.6 Å². The number of carbonyl (C=O) groups is 2. The van der Waals surface area contributed by atoms with Gasteiger partial charge >= 0.3 is 0 Å². The normalized spacial score (nSPS) is 10.6. The van der Waals surface area contributed by atoms with E-state index >= 15 is 0 Å². The minimum absolute atomic E-state index is 0.0827. The summed E-state index contributed by atoms with van der Waals surface area (Å²) in [5.41, 5.74) is 2.28. The van der Waals surface area contributed by atoms with Gasteiger partial charge in [-0.3, -0.25) is 9.59 Å². The second-order valence-electron chi connectivity index (χ2n) is 5.59. The molecular formula is C17H22N3O3+. The molecule has 6 heteroatoms. The molecule has 2 amide bonds. The molecule has 1 heterocycles. The molecule has 0 saturated carbocycles. The number of carbonyl (C=O) groups excluding carboxylic acids is 2. The SMILES string of the molecule is C[NH+](C)Cc1ccccc1CNC(=O)CNC(=O)c1ccco1. The lowest BCUT2D eigenvalue weighted by Gasteiger charge is -2.13. The standard InChI is InChI=1S/C17H21N3O3/c1-20(2)12-14-7-4-3-6-13(14)10-18-16(21)11-19-17(22)15-8-5-9-23-15/h3-9H,10-12H2,1-2H3,(H,18,21)(H,19,22)/p+1. The molecule has 1 aromatic heterocycles. The zero-order valence-corrected chi connectivity index (χ0v) is 13.4. The van der Waals surface area contributed by atoms with Gasteiger partial charge in [-0.2, -0.15) is 0 Å². The van der Waals surface area contributed by atoms with Crippen molar-refractivity contribution in [2.24, 2.45) is 0 Å². The number of benzene rings is 1. The number of rotatable bonds is 7. The summed E-state index contributed by atoms with van der Waals surface area (Å²) in [7, 11) is 4.17. The van der Waals surface area contributed by atoms with Crippen molar-refractivity contribution in [3.8, 4) is 0 Å². The number of quaternary nitrogens is 1. The predicted molar refractivity (Wildman–Crippen MR) is 85.8 cm³/mol. The Kier molecular flexibility index (Phi) is 5.94. The molecule has 2 aromatic rings. The van der Waals surface area contributed by atoms with Crippen molar-refractivity contribution >= 4 is 11.8 Å². The van der Waals surface area contributed by atoms with E-state index in [0.29, 0.717) is 6.54 Å². The molecule has 3 N–H and O–H groups in total. The average molecular weight is 316 g/mol. The van der Waals surface area contributed by atoms with Gasteiger partial charge in [0.2, 0.25) is 5.91 Å². The van der Waals surface area contributed by atoms with Crippen LogP contribution in [-0.2, 0) is 17.9 Å². The highest BCUT2D eigenvalue weighted by Crippen LogP contribution is 2.07. The number of amides is 2. The maximum atomic E-state index is 11.9. The zero-order chi connectivity index (χ0) is 16.7. The van der Waals surface area contributed by atoms with Gasteiger partial charge < -0.3 is 20.0 Å². The van der Waals surface area contributed by atoms with Crippen LogP contribution in [-0.4, -0.2) is 32.5 Å². The summed E-state index contributed by atoms with van der Waals surface area (Å²) < 4.78 is 4.96. The minimum Gasteiger partial charge on any atom is -0.459 e. The van der Waals surface area contributed by atoms with E-state index in [2.05, 4.69) is 30.8 Å². The minimum atomic E-state index is -0.401. The van der Waals surface area contributed by atoms with E-state index < -0.39 is 5.91 Å². The highest BCUT2D eigenvalue weighted by molar-refractivity contribution is 5.94. The molecular weight excluding hydrogens is 294 g/mol. The van der Waals surface area contributed by atoms with Crippen LogP contribution >= 0.6 is 0 Å². The first-order chi connectivity index (χ1) is 11.1. The van der Waals surface area contributed by atoms with Gasteiger partial charge in [0, 0.05) is 12.1 Å². The third-order valence-electron chi connectivity index (χ3n) is 3.29. The van der Waals surface area contributed by atoms with Crippen LogP contribution in [0.1, 0.15) is 21.7 Å². The lowest BCUT2D eigenvalue weighted by Crippen LogP contribution is -3.04. The molecule has 1 aromatic carbocycles. The molecule has 0 unspecified atom stereocenters. The molecule has 0 fully saturated rings. The van der Waals surface area contributed by atoms with Crippen molar-refractivity contribution in [2.45, 2.75) is 13.1 Å². The van der Waals surface area contributed by atoms with Gasteiger partial charge in [0.05, 0.1) is 26.9 Å². The summed E-state index contributed by atoms with van der Waals surface area (Å²) in [6.45, 7) is 1.25. The van der Waals surface area contributed by atoms with Crippen LogP contribution in [0.25, 0.3) is 0 Å². The Hall–Kier alpha value is -2.60. The average Bonchev–Trinajstić information content (AvgIpc) is 3.05. The van der Waals surface area contributed by atoms with E-state index in [1.54, 1.807) is 12.1 Å². The monoisotopic (exact) mass is 316 g/mol. The van der Waals surface area contributed by atoms with Crippen molar-refractivity contribution in [3.05, 3.63) is 59.5 Å². The molecule has 0 aliphatic rings. The van der Waals surface area contributed by atoms with Gasteiger partial charge in [-0.05, 0) is 17.7 Å². The molecule has 0 aliphatic heterocycles. The second-order valence-corrected chi connectivity index (χ2v) is 5.59. The zero-order valence-electron chi connectivity index (χ0n) is 13.4. The van der Waals surface area contributed by atoms with Crippen molar-refractivity contribution in [1.29, 1.82) is 0 Å². The van der Waals surface area contributed by atoms with Gasteiger partial charge in [0.1, 0.15) is 6.54 Å². The summed E-state index contributed by atoms with van der Waals surface area (Å²) in [5, 5.41) is 5.34. The largest absolute Gasteiger partial charge is 0.459 e. The second kappa shape index (κ2) is 8.14. The van der Waals surface area contributed by atoms with E-state index in [-0.39, 0.29) is 18.2 Å². The quantitative estimate of drug-likeness (QED) is 0.671. The highest BCUT2D eigenvalue weighted by atomic mass is 16.3. The first kappa shape index (κ1) is 16.8. The van der Waals surface area contributed by atoms with E-state index in [4.69, 9.17) is 4.42 Å². The summed E-state index contributed by atoms with van der Waals surface area (Å²) in [6.07, 6.45) is 1.42. The topological polar surface area (TPSA) is 75.8 Å². The number of furan rings is 1. The van der Waals surface area contributed by atoms with Gasteiger partial charge in [-0.15, -0.1) is 0 Å². The van der Waals surface area contributed by atoms with Crippen LogP contribution in [0.15, 0.2) is 47.1 Å². The predicted octanol–water partition coefficient (Wildman–Crippen LogP) is -0.0297. The summed E-state index contributed by atoms with van der Waals surface area (Å²) in [5.74, 6) is -0.448. The van der Waals surface area contributed by atoms with Gasteiger partial charge in [-0.1, -0.05) is 24.3 Å². The Labute approximate surface area is 135 Å². The van der Waals surface area contributed by atoms with Crippen LogP contribution in [0.5, 0.6) is 0 Å². The van der Waals surface area contributed by atoms with Crippen molar-refractivity contribution in [3.63, 3.8) is 0 Å². The van der Waals surface area contributed by atoms with E-state index in [1.807, 2.05) is 18.2 Å². The maximum absolute atomic E-state index is 11.9. The molecule has 0 spiro atoms. The molecule has 2 rings (SSSR count). The van der Waals surface area contributed by atoms with E-state index in [0.717, 1.165) is 12.1 Å². The number of hydrogen-bond donors (Lipinski definition) is 3. The molecule has 0 radical (unpaired) electrons. The van der Waals surface area contributed by atoms with Crippen molar-refractivity contribution < 1.29 is 18.9 Å². The lowest BCUT2D eigenvalue weighted by molar-refractivity contribution is -0.872. The highest BCUT2D eigenvalue weighted by Gasteiger charge is 2.11. The first-order valence-electron chi connectivity index (χ1n) is 7.50. The molecule has 23 heavy (non-hydrogen) atoms. The van der Waals surface area contributed by atoms with Gasteiger partial charge in [0.25, 0.3) is 5.91 Å². The van der Waals surface area contributed by atoms with Crippen LogP contribution in [0, 0.1) is 0 Å². The molecule has 0 atom stereocenters. The Balaban J connectivity index is 1.81. The van der Waals surface area contributed by atoms with Crippen molar-refractivity contribution in [1.82, 2.24) is 10.6 Å². The summed E-state index contributed by atoms with van der Waals surface area (Å²) in [6, 6.07) is 11.2. The fraction of sp³-hybridized carbons (Fsp3) is 0.294. The smallest absolute Gasteiger partial charge is 0.287 e. The molecule has 0 aliphatic carbocycles. The Morgan fingerprint density at radius 2 is 1.78 bits per heavy atom. The Morgan fingerprint density at radius 3 is 2.43 bits per heavy atom. The summed E-state index contributed by atoms with van der Waals surface area (Å²) in [4.78, 5) is 24.8. The molecule has 6 nitrogen and oxygen atoms in total. The van der Waals surface area contributed by atoms with E-state index in [9.17, 15) is 9.59 Å². The first-order valence-corrected chi connectivity index (χ1v) is 7.50. The van der Waals surface area contributed by atoms with Gasteiger partial charge in [-0.25, -0.2) is 0 Å². The van der Waals surface area contributed by atoms with Crippen LogP contribution in [0.4, 0.5) is 0 Å². The van der Waals surface area contributed by atoms with Crippen LogP contribution < -0.4 is 15.5 Å². The Bertz CT molecular complexity index is 651. The Morgan fingerprint density at radius 1 is 1.04 bits per heavy atom. The number of nitrogens with one attached hydrogen (secondary N) is 3. The fourth-order valence-electron chi connectivity index (χ4n) is 2.20. The fourth-order valence-corrected chi connectivity index (χ4v) is 2.20. The third kappa shape index (κ3) is 5.27. The maximum Gasteiger partial charge on any atom is 0.287 e.